The van der Waals surface area contributed by atoms with E-state index in [1.165, 1.54) is 5.57 Å². The highest BCUT2D eigenvalue weighted by molar-refractivity contribution is 5.95. The molecule has 20 heavy (non-hydrogen) atoms. The first kappa shape index (κ1) is 12.9. The molecular formula is C15H17N3O2. The average Bonchev–Trinajstić information content (AvgIpc) is 2.54. The zero-order valence-electron chi connectivity index (χ0n) is 11.6. The molecule has 0 unspecified atom stereocenters. The second-order valence-electron chi connectivity index (χ2n) is 4.58. The van der Waals surface area contributed by atoms with E-state index in [0.717, 1.165) is 35.2 Å². The second kappa shape index (κ2) is 5.46. The van der Waals surface area contributed by atoms with Crippen LogP contribution < -0.4 is 10.1 Å². The lowest BCUT2D eigenvalue weighted by atomic mass is 9.97. The molecule has 0 bridgehead atoms. The van der Waals surface area contributed by atoms with Crippen molar-refractivity contribution in [3.05, 3.63) is 30.0 Å². The molecule has 104 valence electrons. The average molecular weight is 271 g/mol. The van der Waals surface area contributed by atoms with Crippen LogP contribution in [0.2, 0.25) is 0 Å². The maximum atomic E-state index is 5.41. The van der Waals surface area contributed by atoms with Gasteiger partial charge >= 0.3 is 0 Å². The van der Waals surface area contributed by atoms with E-state index in [9.17, 15) is 0 Å². The maximum absolute atomic E-state index is 5.41. The third kappa shape index (κ3) is 2.20. The molecule has 5 heteroatoms. The molecule has 1 aliphatic heterocycles. The fraction of sp³-hybridized carbons (Fsp3) is 0.333. The van der Waals surface area contributed by atoms with Crippen LogP contribution in [0.1, 0.15) is 12.0 Å². The van der Waals surface area contributed by atoms with E-state index >= 15 is 0 Å². The molecule has 1 aromatic carbocycles. The molecule has 2 aromatic rings. The highest BCUT2D eigenvalue weighted by Crippen LogP contribution is 2.33. The molecule has 0 aliphatic carbocycles. The molecule has 0 spiro atoms. The Labute approximate surface area is 117 Å². The molecule has 0 amide bonds. The normalized spacial score (nSPS) is 15.0. The molecular weight excluding hydrogens is 254 g/mol. The Morgan fingerprint density at radius 1 is 1.35 bits per heavy atom. The number of methoxy groups -OCH3 is 1. The summed E-state index contributed by atoms with van der Waals surface area (Å²) >= 11 is 0. The van der Waals surface area contributed by atoms with Gasteiger partial charge in [-0.2, -0.15) is 0 Å². The monoisotopic (exact) mass is 271 g/mol. The summed E-state index contributed by atoms with van der Waals surface area (Å²) in [6.07, 6.45) is 4.88. The number of benzene rings is 1. The third-order valence-electron chi connectivity index (χ3n) is 3.47. The first-order valence-electron chi connectivity index (χ1n) is 6.62. The largest absolute Gasteiger partial charge is 0.494 e. The van der Waals surface area contributed by atoms with Crippen molar-refractivity contribution in [3.8, 4) is 5.75 Å². The van der Waals surface area contributed by atoms with Gasteiger partial charge in [0.2, 0.25) is 5.95 Å². The van der Waals surface area contributed by atoms with Crippen LogP contribution in [-0.4, -0.2) is 37.3 Å². The molecule has 0 fully saturated rings. The highest BCUT2D eigenvalue weighted by atomic mass is 16.5. The summed E-state index contributed by atoms with van der Waals surface area (Å²) in [4.78, 5) is 8.83. The smallest absolute Gasteiger partial charge is 0.223 e. The van der Waals surface area contributed by atoms with Gasteiger partial charge in [-0.05, 0) is 23.6 Å². The van der Waals surface area contributed by atoms with Gasteiger partial charge in [-0.1, -0.05) is 12.1 Å². The van der Waals surface area contributed by atoms with Crippen molar-refractivity contribution in [2.45, 2.75) is 6.42 Å². The predicted molar refractivity (Wildman–Crippen MR) is 79.0 cm³/mol. The topological polar surface area (TPSA) is 56.3 Å². The lowest BCUT2D eigenvalue weighted by Crippen LogP contribution is -2.05. The summed E-state index contributed by atoms with van der Waals surface area (Å²) in [7, 11) is 3.46. The van der Waals surface area contributed by atoms with Crippen molar-refractivity contribution in [2.75, 3.05) is 32.7 Å². The molecule has 2 heterocycles. The number of anilines is 1. The van der Waals surface area contributed by atoms with E-state index in [0.29, 0.717) is 12.6 Å². The van der Waals surface area contributed by atoms with Crippen molar-refractivity contribution in [3.63, 3.8) is 0 Å². The van der Waals surface area contributed by atoms with Gasteiger partial charge in [0.25, 0.3) is 0 Å². The van der Waals surface area contributed by atoms with Crippen molar-refractivity contribution in [1.82, 2.24) is 9.97 Å². The van der Waals surface area contributed by atoms with Gasteiger partial charge in [-0.25, -0.2) is 9.97 Å². The second-order valence-corrected chi connectivity index (χ2v) is 4.58. The molecule has 1 aliphatic rings. The minimum absolute atomic E-state index is 0.592. The minimum Gasteiger partial charge on any atom is -0.494 e. The number of hydrogen-bond donors (Lipinski definition) is 1. The summed E-state index contributed by atoms with van der Waals surface area (Å²) in [5.41, 5.74) is 3.27. The van der Waals surface area contributed by atoms with Crippen molar-refractivity contribution in [1.29, 1.82) is 0 Å². The number of nitrogens with zero attached hydrogens (tertiary/aromatic N) is 2. The Balaban J connectivity index is 2.21. The van der Waals surface area contributed by atoms with E-state index in [1.807, 2.05) is 12.3 Å². The van der Waals surface area contributed by atoms with Gasteiger partial charge in [0.15, 0.2) is 0 Å². The van der Waals surface area contributed by atoms with Crippen LogP contribution in [0.15, 0.2) is 24.4 Å². The van der Waals surface area contributed by atoms with Gasteiger partial charge in [-0.3, -0.25) is 0 Å². The van der Waals surface area contributed by atoms with E-state index in [4.69, 9.17) is 9.47 Å². The van der Waals surface area contributed by atoms with Gasteiger partial charge in [0.05, 0.1) is 20.3 Å². The Morgan fingerprint density at radius 2 is 2.25 bits per heavy atom. The fourth-order valence-corrected chi connectivity index (χ4v) is 2.43. The van der Waals surface area contributed by atoms with E-state index in [-0.39, 0.29) is 0 Å². The summed E-state index contributed by atoms with van der Waals surface area (Å²) < 4.78 is 10.8. The zero-order chi connectivity index (χ0) is 13.9. The predicted octanol–water partition coefficient (Wildman–Crippen LogP) is 2.48. The Bertz CT molecular complexity index is 667. The van der Waals surface area contributed by atoms with Crippen molar-refractivity contribution in [2.24, 2.45) is 0 Å². The van der Waals surface area contributed by atoms with Crippen LogP contribution in [0.3, 0.4) is 0 Å². The number of rotatable bonds is 3. The number of hydrogen-bond acceptors (Lipinski definition) is 5. The quantitative estimate of drug-likeness (QED) is 0.929. The van der Waals surface area contributed by atoms with Crippen LogP contribution in [0.4, 0.5) is 5.95 Å². The van der Waals surface area contributed by atoms with Crippen molar-refractivity contribution < 1.29 is 9.47 Å². The number of ether oxygens (including phenoxy) is 2. The lowest BCUT2D eigenvalue weighted by Gasteiger charge is -2.16. The van der Waals surface area contributed by atoms with Crippen LogP contribution >= 0.6 is 0 Å². The first-order valence-corrected chi connectivity index (χ1v) is 6.62. The molecule has 0 saturated heterocycles. The first-order chi connectivity index (χ1) is 9.83. The summed E-state index contributed by atoms with van der Waals surface area (Å²) in [6.45, 7) is 1.42. The SMILES string of the molecule is CNc1ncc2c(C3=CCOCC3)ccc(OC)c2n1. The summed E-state index contributed by atoms with van der Waals surface area (Å²) in [5, 5.41) is 3.97. The summed E-state index contributed by atoms with van der Waals surface area (Å²) in [5.74, 6) is 1.35. The van der Waals surface area contributed by atoms with E-state index in [1.54, 1.807) is 14.2 Å². The van der Waals surface area contributed by atoms with Crippen LogP contribution in [0.5, 0.6) is 5.75 Å². The Hall–Kier alpha value is -2.14. The Morgan fingerprint density at radius 3 is 2.95 bits per heavy atom. The van der Waals surface area contributed by atoms with E-state index in [2.05, 4.69) is 27.4 Å². The van der Waals surface area contributed by atoms with Crippen molar-refractivity contribution >= 4 is 22.4 Å². The number of nitrogens with one attached hydrogen (secondary N) is 1. The van der Waals surface area contributed by atoms with Crippen LogP contribution in [0.25, 0.3) is 16.5 Å². The zero-order valence-corrected chi connectivity index (χ0v) is 11.6. The molecule has 5 nitrogen and oxygen atoms in total. The van der Waals surface area contributed by atoms with Crippen LogP contribution in [-0.2, 0) is 4.74 Å². The number of aromatic nitrogens is 2. The highest BCUT2D eigenvalue weighted by Gasteiger charge is 2.14. The Kier molecular flexibility index (Phi) is 3.52. The molecule has 0 atom stereocenters. The third-order valence-corrected chi connectivity index (χ3v) is 3.47. The minimum atomic E-state index is 0.592. The molecule has 3 rings (SSSR count). The fourth-order valence-electron chi connectivity index (χ4n) is 2.43. The molecule has 0 radical (unpaired) electrons. The van der Waals surface area contributed by atoms with Gasteiger partial charge in [0.1, 0.15) is 11.3 Å². The standard InChI is InChI=1S/C15H17N3O2/c1-16-15-17-9-12-11(10-5-7-20-8-6-10)3-4-13(19-2)14(12)18-15/h3-5,9H,6-8H2,1-2H3,(H,16,17,18). The van der Waals surface area contributed by atoms with Gasteiger partial charge in [-0.15, -0.1) is 0 Å². The maximum Gasteiger partial charge on any atom is 0.223 e. The van der Waals surface area contributed by atoms with Crippen LogP contribution in [0, 0.1) is 0 Å². The molecule has 1 aromatic heterocycles. The molecule has 0 saturated carbocycles. The molecule has 1 N–H and O–H groups in total. The number of fused-ring (bicyclic) bond motifs is 1. The van der Waals surface area contributed by atoms with Gasteiger partial charge in [0, 0.05) is 18.6 Å². The summed E-state index contributed by atoms with van der Waals surface area (Å²) in [6, 6.07) is 4.03. The lowest BCUT2D eigenvalue weighted by molar-refractivity contribution is 0.161. The van der Waals surface area contributed by atoms with Gasteiger partial charge < -0.3 is 14.8 Å². The van der Waals surface area contributed by atoms with E-state index < -0.39 is 0 Å².